The molecule has 0 saturated heterocycles. The first-order valence-electron chi connectivity index (χ1n) is 12.9. The maximum absolute atomic E-state index is 12.1. The summed E-state index contributed by atoms with van der Waals surface area (Å²) in [4.78, 5) is 44.2. The molecule has 4 aromatic carbocycles. The third-order valence-corrected chi connectivity index (χ3v) is 7.24. The molecule has 12 heteroatoms. The highest BCUT2D eigenvalue weighted by atomic mass is 35.5. The van der Waals surface area contributed by atoms with E-state index in [0.717, 1.165) is 11.1 Å². The Hall–Kier alpha value is -4.90. The number of aliphatic hydroxyl groups excluding tert-OH is 1. The van der Waals surface area contributed by atoms with Crippen LogP contribution in [0.2, 0.25) is 10.0 Å². The summed E-state index contributed by atoms with van der Waals surface area (Å²) in [5.41, 5.74) is 4.74. The highest BCUT2D eigenvalue weighted by Gasteiger charge is 2.28. The number of nitrogens with zero attached hydrogens (tertiary/aromatic N) is 4. The molecule has 43 heavy (non-hydrogen) atoms. The first-order valence-corrected chi connectivity index (χ1v) is 13.7. The van der Waals surface area contributed by atoms with Crippen molar-refractivity contribution in [2.75, 3.05) is 23.8 Å². The molecule has 1 atom stereocenters. The molecule has 2 aliphatic heterocycles. The Balaban J connectivity index is 0.000000171. The first kappa shape index (κ1) is 29.6. The van der Waals surface area contributed by atoms with Gasteiger partial charge in [0.05, 0.1) is 27.7 Å². The number of fused-ring (bicyclic) bond motifs is 2. The van der Waals surface area contributed by atoms with Crippen LogP contribution in [0.4, 0.5) is 17.1 Å². The molecule has 0 radical (unpaired) electrons. The Labute approximate surface area is 256 Å². The average molecular weight is 616 g/mol. The van der Waals surface area contributed by atoms with Gasteiger partial charge in [-0.05, 0) is 30.3 Å². The second-order valence-electron chi connectivity index (χ2n) is 9.46. The van der Waals surface area contributed by atoms with Crippen molar-refractivity contribution in [3.05, 3.63) is 133 Å². The molecule has 2 amide bonds. The number of halogens is 2. The van der Waals surface area contributed by atoms with Crippen molar-refractivity contribution in [2.45, 2.75) is 6.23 Å². The minimum atomic E-state index is -1.42. The molecule has 2 N–H and O–H groups in total. The van der Waals surface area contributed by atoms with E-state index in [2.05, 4.69) is 15.3 Å². The maximum Gasteiger partial charge on any atom is 0.278 e. The van der Waals surface area contributed by atoms with Crippen LogP contribution in [0, 0.1) is 10.1 Å². The summed E-state index contributed by atoms with van der Waals surface area (Å²) >= 11 is 12.3. The van der Waals surface area contributed by atoms with Gasteiger partial charge in [0.15, 0.2) is 0 Å². The Kier molecular flexibility index (Phi) is 8.63. The van der Waals surface area contributed by atoms with Crippen LogP contribution < -0.4 is 10.2 Å². The fourth-order valence-corrected chi connectivity index (χ4v) is 5.01. The number of likely N-dealkylation sites (N-methyl/N-ethyl adjacent to an activating group) is 1. The lowest BCUT2D eigenvalue weighted by Crippen LogP contribution is -2.34. The number of carbonyl (C=O) groups is 2. The summed E-state index contributed by atoms with van der Waals surface area (Å²) in [5.74, 6) is -0.748. The molecule has 216 valence electrons. The van der Waals surface area contributed by atoms with Gasteiger partial charge in [0.1, 0.15) is 6.54 Å². The summed E-state index contributed by atoms with van der Waals surface area (Å²) in [6.07, 6.45) is -1.42. The van der Waals surface area contributed by atoms with Gasteiger partial charge in [0.2, 0.25) is 12.1 Å². The van der Waals surface area contributed by atoms with Gasteiger partial charge in [-0.1, -0.05) is 71.7 Å². The number of hydrogen-bond donors (Lipinski definition) is 2. The molecule has 0 spiro atoms. The lowest BCUT2D eigenvalue weighted by atomic mass is 10.00. The van der Waals surface area contributed by atoms with E-state index in [9.17, 15) is 24.8 Å². The van der Waals surface area contributed by atoms with E-state index < -0.39 is 17.1 Å². The van der Waals surface area contributed by atoms with Gasteiger partial charge < -0.3 is 15.3 Å². The number of benzene rings is 4. The monoisotopic (exact) mass is 615 g/mol. The van der Waals surface area contributed by atoms with Gasteiger partial charge in [-0.25, -0.2) is 4.99 Å². The van der Waals surface area contributed by atoms with Crippen molar-refractivity contribution in [3.8, 4) is 0 Å². The predicted octanol–water partition coefficient (Wildman–Crippen LogP) is 5.51. The Morgan fingerprint density at radius 3 is 2.35 bits per heavy atom. The SMILES string of the molecule is CN1C(=O)C(O)N=C(c2ccccc2)c2cc(Cl)ccc21.O=C1CN=C(c2ccccc2Cl)c2cc([N+](=O)[O-])ccc2N1. The number of rotatable bonds is 3. The number of benzodiazepines with no additional fused rings is 2. The third-order valence-electron chi connectivity index (χ3n) is 6.68. The molecule has 0 aliphatic carbocycles. The number of nitrogens with one attached hydrogen (secondary N) is 1. The van der Waals surface area contributed by atoms with Crippen molar-refractivity contribution in [3.63, 3.8) is 0 Å². The maximum atomic E-state index is 12.1. The number of hydrogen-bond acceptors (Lipinski definition) is 7. The van der Waals surface area contributed by atoms with Gasteiger partial charge in [-0.15, -0.1) is 0 Å². The molecular weight excluding hydrogens is 593 g/mol. The molecule has 0 aromatic heterocycles. The first-order chi connectivity index (χ1) is 20.6. The van der Waals surface area contributed by atoms with Gasteiger partial charge in [-0.3, -0.25) is 24.7 Å². The van der Waals surface area contributed by atoms with Crippen molar-refractivity contribution in [1.82, 2.24) is 0 Å². The van der Waals surface area contributed by atoms with E-state index in [1.807, 2.05) is 30.3 Å². The molecule has 0 bridgehead atoms. The fraction of sp³-hybridized carbons (Fsp3) is 0.0968. The smallest absolute Gasteiger partial charge is 0.278 e. The second-order valence-corrected chi connectivity index (χ2v) is 10.3. The van der Waals surface area contributed by atoms with E-state index in [4.69, 9.17) is 23.2 Å². The quantitative estimate of drug-likeness (QED) is 0.231. The molecule has 0 fully saturated rings. The number of aliphatic hydroxyl groups is 1. The van der Waals surface area contributed by atoms with Crippen molar-refractivity contribution in [2.24, 2.45) is 9.98 Å². The van der Waals surface area contributed by atoms with Crippen LogP contribution in [0.3, 0.4) is 0 Å². The number of nitro groups is 1. The summed E-state index contributed by atoms with van der Waals surface area (Å²) in [7, 11) is 1.61. The van der Waals surface area contributed by atoms with E-state index in [0.29, 0.717) is 44.0 Å². The van der Waals surface area contributed by atoms with Crippen LogP contribution in [-0.4, -0.2) is 53.1 Å². The molecule has 10 nitrogen and oxygen atoms in total. The largest absolute Gasteiger partial charge is 0.364 e. The Morgan fingerprint density at radius 2 is 1.63 bits per heavy atom. The molecule has 1 unspecified atom stereocenters. The third kappa shape index (κ3) is 6.31. The zero-order valence-electron chi connectivity index (χ0n) is 22.6. The van der Waals surface area contributed by atoms with Crippen molar-refractivity contribution < 1.29 is 19.6 Å². The van der Waals surface area contributed by atoms with Crippen LogP contribution in [0.25, 0.3) is 0 Å². The van der Waals surface area contributed by atoms with Crippen molar-refractivity contribution in [1.29, 1.82) is 0 Å². The topological polar surface area (TPSA) is 138 Å². The van der Waals surface area contributed by atoms with Crippen LogP contribution in [-0.2, 0) is 9.59 Å². The van der Waals surface area contributed by atoms with Gasteiger partial charge >= 0.3 is 0 Å². The zero-order chi connectivity index (χ0) is 30.7. The summed E-state index contributed by atoms with van der Waals surface area (Å²) in [6, 6.07) is 25.9. The predicted molar refractivity (Wildman–Crippen MR) is 167 cm³/mol. The minimum Gasteiger partial charge on any atom is -0.364 e. The number of non-ortho nitro benzene ring substituents is 1. The van der Waals surface area contributed by atoms with Crippen LogP contribution in [0.5, 0.6) is 0 Å². The summed E-state index contributed by atoms with van der Waals surface area (Å²) in [6.45, 7) is -0.0664. The van der Waals surface area contributed by atoms with E-state index >= 15 is 0 Å². The number of aliphatic imine (C=N–C) groups is 2. The van der Waals surface area contributed by atoms with E-state index in [-0.39, 0.29) is 18.1 Å². The van der Waals surface area contributed by atoms with Crippen molar-refractivity contribution >= 4 is 63.5 Å². The summed E-state index contributed by atoms with van der Waals surface area (Å²) in [5, 5.41) is 24.7. The molecule has 6 rings (SSSR count). The van der Waals surface area contributed by atoms with Gasteiger partial charge in [-0.2, -0.15) is 0 Å². The molecule has 2 heterocycles. The molecular formula is C31H23Cl2N5O5. The second kappa shape index (κ2) is 12.5. The number of anilines is 2. The number of nitro benzene ring substituents is 1. The Morgan fingerprint density at radius 1 is 0.907 bits per heavy atom. The molecule has 2 aliphatic rings. The fourth-order valence-electron chi connectivity index (χ4n) is 4.62. The standard InChI is InChI=1S/C16H13ClN2O2.C15H10ClN3O3/c1-19-13-8-7-11(17)9-12(13)14(18-15(20)16(19)21)10-5-3-2-4-6-10;16-12-4-2-1-3-10(12)15-11-7-9(19(21)22)5-6-13(11)18-14(20)8-17-15/h2-9,15,20H,1H3;1-7H,8H2,(H,18,20). The minimum absolute atomic E-state index is 0.0664. The lowest BCUT2D eigenvalue weighted by molar-refractivity contribution is -0.384. The summed E-state index contributed by atoms with van der Waals surface area (Å²) < 4.78 is 0. The van der Waals surface area contributed by atoms with Gasteiger partial charge in [0, 0.05) is 51.5 Å². The zero-order valence-corrected chi connectivity index (χ0v) is 24.1. The number of amides is 2. The molecule has 0 saturated carbocycles. The number of carbonyl (C=O) groups excluding carboxylic acids is 2. The Bertz CT molecular complexity index is 1810. The molecule has 4 aromatic rings. The average Bonchev–Trinajstić information content (AvgIpc) is 3.22. The van der Waals surface area contributed by atoms with Crippen LogP contribution >= 0.6 is 23.2 Å². The van der Waals surface area contributed by atoms with E-state index in [1.54, 1.807) is 49.5 Å². The van der Waals surface area contributed by atoms with Gasteiger partial charge in [0.25, 0.3) is 11.6 Å². The highest BCUT2D eigenvalue weighted by Crippen LogP contribution is 2.31. The van der Waals surface area contributed by atoms with Crippen LogP contribution in [0.1, 0.15) is 22.3 Å². The lowest BCUT2D eigenvalue weighted by Gasteiger charge is -2.18. The van der Waals surface area contributed by atoms with Crippen LogP contribution in [0.15, 0.2) is 101 Å². The highest BCUT2D eigenvalue weighted by molar-refractivity contribution is 6.36. The normalized spacial score (nSPS) is 15.8. The van der Waals surface area contributed by atoms with E-state index in [1.165, 1.54) is 23.1 Å².